The summed E-state index contributed by atoms with van der Waals surface area (Å²) in [4.78, 5) is 2.71. The fraction of sp³-hybridized carbons (Fsp3) is 0.263. The van der Waals surface area contributed by atoms with Crippen molar-refractivity contribution in [1.29, 1.82) is 0 Å². The van der Waals surface area contributed by atoms with Crippen LogP contribution in [0.2, 0.25) is 0 Å². The van der Waals surface area contributed by atoms with Crippen LogP contribution in [0.1, 0.15) is 33.2 Å². The fourth-order valence-corrected chi connectivity index (χ4v) is 5.52. The summed E-state index contributed by atoms with van der Waals surface area (Å²) >= 11 is 2.89. The molecule has 3 aromatic rings. The van der Waals surface area contributed by atoms with Gasteiger partial charge >= 0.3 is 0 Å². The Kier molecular flexibility index (Phi) is 6.33. The molecule has 1 atom stereocenters. The standard InChI is InChI=1S/C19H21NO4S3/c1-3-24-16-8-7-15(11-13(16)2)27(22,23)20-12-14-6-9-18(26-14)19(21)17-5-4-10-25-17/h4-11,19-21H,3,12H2,1-2H3. The highest BCUT2D eigenvalue weighted by Gasteiger charge is 2.17. The lowest BCUT2D eigenvalue weighted by atomic mass is 10.2. The van der Waals surface area contributed by atoms with Crippen molar-refractivity contribution in [2.75, 3.05) is 6.61 Å². The summed E-state index contributed by atoms with van der Waals surface area (Å²) in [6.07, 6.45) is -0.672. The van der Waals surface area contributed by atoms with Gasteiger partial charge in [0.2, 0.25) is 10.0 Å². The first-order valence-electron chi connectivity index (χ1n) is 8.44. The molecule has 0 fully saturated rings. The Morgan fingerprint density at radius 1 is 1.19 bits per heavy atom. The number of nitrogens with one attached hydrogen (secondary N) is 1. The molecule has 3 rings (SSSR count). The van der Waals surface area contributed by atoms with Gasteiger partial charge in [-0.1, -0.05) is 6.07 Å². The van der Waals surface area contributed by atoms with E-state index in [0.717, 1.165) is 20.2 Å². The third-order valence-corrected chi connectivity index (χ3v) is 7.42. The monoisotopic (exact) mass is 423 g/mol. The smallest absolute Gasteiger partial charge is 0.240 e. The molecule has 2 heterocycles. The SMILES string of the molecule is CCOc1ccc(S(=O)(=O)NCc2ccc(C(O)c3cccs3)s2)cc1C. The van der Waals surface area contributed by atoms with Crippen LogP contribution in [0.4, 0.5) is 0 Å². The number of benzene rings is 1. The van der Waals surface area contributed by atoms with E-state index in [1.54, 1.807) is 18.2 Å². The average Bonchev–Trinajstić information content (AvgIpc) is 3.33. The number of thiophene rings is 2. The lowest BCUT2D eigenvalue weighted by molar-refractivity contribution is 0.228. The Morgan fingerprint density at radius 2 is 2.00 bits per heavy atom. The molecule has 0 aliphatic rings. The quantitative estimate of drug-likeness (QED) is 0.572. The minimum Gasteiger partial charge on any atom is -0.494 e. The van der Waals surface area contributed by atoms with Crippen LogP contribution < -0.4 is 9.46 Å². The van der Waals surface area contributed by atoms with E-state index in [1.165, 1.54) is 22.7 Å². The van der Waals surface area contributed by atoms with Crippen LogP contribution in [-0.2, 0) is 16.6 Å². The first kappa shape index (κ1) is 20.0. The van der Waals surface area contributed by atoms with Gasteiger partial charge in [0.05, 0.1) is 11.5 Å². The molecule has 144 valence electrons. The van der Waals surface area contributed by atoms with Crippen LogP contribution in [0, 0.1) is 6.92 Å². The minimum atomic E-state index is -3.63. The number of hydrogen-bond acceptors (Lipinski definition) is 6. The van der Waals surface area contributed by atoms with Crippen LogP contribution in [0.15, 0.2) is 52.7 Å². The minimum absolute atomic E-state index is 0.177. The van der Waals surface area contributed by atoms with Gasteiger partial charge in [0.15, 0.2) is 0 Å². The molecule has 0 saturated heterocycles. The lowest BCUT2D eigenvalue weighted by Gasteiger charge is -2.10. The molecule has 0 saturated carbocycles. The summed E-state index contributed by atoms with van der Waals surface area (Å²) in [5, 5.41) is 12.3. The highest BCUT2D eigenvalue weighted by molar-refractivity contribution is 7.89. The number of aliphatic hydroxyl groups is 1. The predicted molar refractivity (Wildman–Crippen MR) is 109 cm³/mol. The number of aliphatic hydroxyl groups excluding tert-OH is 1. The van der Waals surface area contributed by atoms with Crippen LogP contribution >= 0.6 is 22.7 Å². The van der Waals surface area contributed by atoms with Gasteiger partial charge in [-0.25, -0.2) is 13.1 Å². The molecule has 2 aromatic heterocycles. The Labute approximate surface area is 167 Å². The zero-order valence-electron chi connectivity index (χ0n) is 15.0. The second kappa shape index (κ2) is 8.53. The Morgan fingerprint density at radius 3 is 2.67 bits per heavy atom. The van der Waals surface area contributed by atoms with Gasteiger partial charge < -0.3 is 9.84 Å². The first-order chi connectivity index (χ1) is 12.9. The number of sulfonamides is 1. The van der Waals surface area contributed by atoms with Gasteiger partial charge in [-0.05, 0) is 61.2 Å². The first-order valence-corrected chi connectivity index (χ1v) is 11.6. The van der Waals surface area contributed by atoms with Crippen molar-refractivity contribution in [2.45, 2.75) is 31.4 Å². The highest BCUT2D eigenvalue weighted by Crippen LogP contribution is 2.31. The Bertz CT molecular complexity index is 994. The topological polar surface area (TPSA) is 75.6 Å². The van der Waals surface area contributed by atoms with Crippen LogP contribution in [0.25, 0.3) is 0 Å². The average molecular weight is 424 g/mol. The van der Waals surface area contributed by atoms with Crippen molar-refractivity contribution >= 4 is 32.7 Å². The Balaban J connectivity index is 1.68. The van der Waals surface area contributed by atoms with E-state index in [0.29, 0.717) is 12.4 Å². The summed E-state index contributed by atoms with van der Waals surface area (Å²) in [6.45, 7) is 4.41. The number of ether oxygens (including phenoxy) is 1. The van der Waals surface area contributed by atoms with Crippen molar-refractivity contribution in [1.82, 2.24) is 4.72 Å². The van der Waals surface area contributed by atoms with Crippen molar-refractivity contribution in [3.05, 3.63) is 68.0 Å². The van der Waals surface area contributed by atoms with E-state index < -0.39 is 16.1 Å². The van der Waals surface area contributed by atoms with Crippen molar-refractivity contribution in [2.24, 2.45) is 0 Å². The van der Waals surface area contributed by atoms with Gasteiger partial charge in [-0.3, -0.25) is 0 Å². The molecule has 0 aliphatic carbocycles. The third-order valence-electron chi connectivity index (χ3n) is 3.96. The third kappa shape index (κ3) is 4.77. The lowest BCUT2D eigenvalue weighted by Crippen LogP contribution is -2.22. The predicted octanol–water partition coefficient (Wildman–Crippen LogP) is 4.08. The van der Waals surface area contributed by atoms with Gasteiger partial charge in [0.25, 0.3) is 0 Å². The van der Waals surface area contributed by atoms with Crippen LogP contribution in [-0.4, -0.2) is 20.1 Å². The summed E-state index contributed by atoms with van der Waals surface area (Å²) < 4.78 is 33.2. The van der Waals surface area contributed by atoms with E-state index in [1.807, 2.05) is 43.5 Å². The molecule has 0 spiro atoms. The number of aryl methyl sites for hydroxylation is 1. The van der Waals surface area contributed by atoms with Gasteiger partial charge in [-0.2, -0.15) is 0 Å². The zero-order chi connectivity index (χ0) is 19.4. The molecule has 5 nitrogen and oxygen atoms in total. The molecular weight excluding hydrogens is 402 g/mol. The molecule has 0 bridgehead atoms. The summed E-state index contributed by atoms with van der Waals surface area (Å²) in [5.41, 5.74) is 0.775. The van der Waals surface area contributed by atoms with Gasteiger partial charge in [0.1, 0.15) is 11.9 Å². The largest absolute Gasteiger partial charge is 0.494 e. The van der Waals surface area contributed by atoms with Gasteiger partial charge in [-0.15, -0.1) is 22.7 Å². The van der Waals surface area contributed by atoms with E-state index in [-0.39, 0.29) is 11.4 Å². The maximum Gasteiger partial charge on any atom is 0.240 e. The molecule has 8 heteroatoms. The molecule has 0 aliphatic heterocycles. The van der Waals surface area contributed by atoms with Crippen molar-refractivity contribution in [3.8, 4) is 5.75 Å². The molecule has 27 heavy (non-hydrogen) atoms. The number of hydrogen-bond donors (Lipinski definition) is 2. The fourth-order valence-electron chi connectivity index (χ4n) is 2.58. The number of rotatable bonds is 8. The van der Waals surface area contributed by atoms with E-state index in [4.69, 9.17) is 4.74 Å². The molecule has 2 N–H and O–H groups in total. The van der Waals surface area contributed by atoms with Gasteiger partial charge in [0, 0.05) is 21.2 Å². The molecular formula is C19H21NO4S3. The molecule has 0 amide bonds. The highest BCUT2D eigenvalue weighted by atomic mass is 32.2. The maximum atomic E-state index is 12.6. The van der Waals surface area contributed by atoms with Crippen molar-refractivity contribution < 1.29 is 18.3 Å². The molecule has 1 aromatic carbocycles. The molecule has 0 radical (unpaired) electrons. The van der Waals surface area contributed by atoms with E-state index >= 15 is 0 Å². The summed E-state index contributed by atoms with van der Waals surface area (Å²) in [7, 11) is -3.63. The van der Waals surface area contributed by atoms with E-state index in [9.17, 15) is 13.5 Å². The van der Waals surface area contributed by atoms with E-state index in [2.05, 4.69) is 4.72 Å². The van der Waals surface area contributed by atoms with Crippen LogP contribution in [0.5, 0.6) is 5.75 Å². The summed E-state index contributed by atoms with van der Waals surface area (Å²) in [5.74, 6) is 0.682. The van der Waals surface area contributed by atoms with Crippen LogP contribution in [0.3, 0.4) is 0 Å². The molecule has 1 unspecified atom stereocenters. The zero-order valence-corrected chi connectivity index (χ0v) is 17.5. The van der Waals surface area contributed by atoms with Crippen molar-refractivity contribution in [3.63, 3.8) is 0 Å². The second-order valence-electron chi connectivity index (χ2n) is 5.91. The second-order valence-corrected chi connectivity index (χ2v) is 9.85. The normalized spacial score (nSPS) is 12.9. The Hall–Kier alpha value is -1.71. The maximum absolute atomic E-state index is 12.6. The summed E-state index contributed by atoms with van der Waals surface area (Å²) in [6, 6.07) is 12.3.